The van der Waals surface area contributed by atoms with Crippen LogP contribution in [-0.2, 0) is 13.9 Å². The van der Waals surface area contributed by atoms with E-state index < -0.39 is 25.8 Å². The van der Waals surface area contributed by atoms with Gasteiger partial charge in [-0.15, -0.1) is 0 Å². The van der Waals surface area contributed by atoms with E-state index in [1.54, 1.807) is 12.3 Å². The van der Waals surface area contributed by atoms with Gasteiger partial charge in [-0.05, 0) is 37.5 Å². The Balaban J connectivity index is 1.68. The summed E-state index contributed by atoms with van der Waals surface area (Å²) in [6.45, 7) is 15.2. The molecule has 5 atom stereocenters. The van der Waals surface area contributed by atoms with Crippen molar-refractivity contribution in [1.29, 1.82) is 0 Å². The molecule has 2 aromatic rings. The van der Waals surface area contributed by atoms with Crippen molar-refractivity contribution in [3.63, 3.8) is 0 Å². The quantitative estimate of drug-likeness (QED) is 0.669. The van der Waals surface area contributed by atoms with Crippen LogP contribution < -0.4 is 5.69 Å². The highest BCUT2D eigenvalue weighted by molar-refractivity contribution is 6.74. The lowest BCUT2D eigenvalue weighted by atomic mass is 9.91. The van der Waals surface area contributed by atoms with Crippen LogP contribution in [0.2, 0.25) is 18.1 Å². The number of hydrogen-bond donors (Lipinski definition) is 0. The zero-order valence-corrected chi connectivity index (χ0v) is 19.7. The fraction of sp³-hybridized carbons (Fsp3) is 0.700. The molecule has 9 nitrogen and oxygen atoms in total. The standard InChI is InChI=1S/C20H31N5O4Si/c1-8-20-13(2)27-15(16(20)29-30(6,7)19(3,4)5)17(28-20)24-10-9-14(23-18(24)26)25-12-21-11-22-25/h9-13,15-17H,8H2,1-7H3/t13-,15+,16-,17+,20-/m0/s1. The minimum Gasteiger partial charge on any atom is -0.408 e. The van der Waals surface area contributed by atoms with Gasteiger partial charge in [0.2, 0.25) is 0 Å². The van der Waals surface area contributed by atoms with Gasteiger partial charge in [-0.2, -0.15) is 10.1 Å². The second-order valence-electron chi connectivity index (χ2n) is 9.67. The van der Waals surface area contributed by atoms with E-state index in [1.807, 2.05) is 6.92 Å². The minimum absolute atomic E-state index is 0.0561. The van der Waals surface area contributed by atoms with Crippen LogP contribution in [0.15, 0.2) is 29.7 Å². The molecule has 0 amide bonds. The van der Waals surface area contributed by atoms with E-state index in [2.05, 4.69) is 55.9 Å². The molecular formula is C20H31N5O4Si. The summed E-state index contributed by atoms with van der Waals surface area (Å²) >= 11 is 0. The molecule has 4 rings (SSSR count). The van der Waals surface area contributed by atoms with Gasteiger partial charge in [0.05, 0.1) is 6.10 Å². The Morgan fingerprint density at radius 3 is 2.63 bits per heavy atom. The third-order valence-corrected chi connectivity index (χ3v) is 11.4. The Bertz CT molecular complexity index is 970. The van der Waals surface area contributed by atoms with Gasteiger partial charge < -0.3 is 13.9 Å². The number of rotatable bonds is 5. The molecule has 2 aromatic heterocycles. The van der Waals surface area contributed by atoms with Gasteiger partial charge in [0, 0.05) is 6.20 Å². The summed E-state index contributed by atoms with van der Waals surface area (Å²) in [5, 5.41) is 4.08. The van der Waals surface area contributed by atoms with Crippen molar-refractivity contribution < 1.29 is 13.9 Å². The summed E-state index contributed by atoms with van der Waals surface area (Å²) < 4.78 is 22.6. The van der Waals surface area contributed by atoms with Crippen molar-refractivity contribution in [3.8, 4) is 5.82 Å². The number of fused-ring (bicyclic) bond motifs is 2. The highest BCUT2D eigenvalue weighted by atomic mass is 28.4. The first-order chi connectivity index (χ1) is 14.0. The summed E-state index contributed by atoms with van der Waals surface area (Å²) in [5.41, 5.74) is -1.01. The number of hydrogen-bond acceptors (Lipinski definition) is 7. The molecule has 2 bridgehead atoms. The van der Waals surface area contributed by atoms with E-state index in [1.165, 1.54) is 21.9 Å². The summed E-state index contributed by atoms with van der Waals surface area (Å²) in [6.07, 6.45) is 4.02. The fourth-order valence-electron chi connectivity index (χ4n) is 4.10. The molecule has 164 valence electrons. The second kappa shape index (κ2) is 7.08. The van der Waals surface area contributed by atoms with Gasteiger partial charge in [-0.25, -0.2) is 14.5 Å². The molecule has 10 heteroatoms. The molecule has 4 heterocycles. The van der Waals surface area contributed by atoms with Crippen molar-refractivity contribution in [3.05, 3.63) is 35.4 Å². The van der Waals surface area contributed by atoms with Gasteiger partial charge in [-0.3, -0.25) is 4.57 Å². The maximum Gasteiger partial charge on any atom is 0.351 e. The van der Waals surface area contributed by atoms with E-state index >= 15 is 0 Å². The first-order valence-electron chi connectivity index (χ1n) is 10.5. The maximum absolute atomic E-state index is 12.8. The SMILES string of the molecule is CC[C@]12O[C@@H](n3ccc(-n4cncn4)nc3=O)[C@H](O[C@H]1C)[C@@H]2O[Si](C)(C)C(C)(C)C. The lowest BCUT2D eigenvalue weighted by Gasteiger charge is -2.41. The van der Waals surface area contributed by atoms with Crippen LogP contribution in [0.3, 0.4) is 0 Å². The highest BCUT2D eigenvalue weighted by Crippen LogP contribution is 2.53. The minimum atomic E-state index is -2.08. The van der Waals surface area contributed by atoms with E-state index in [-0.39, 0.29) is 23.4 Å². The van der Waals surface area contributed by atoms with Gasteiger partial charge in [0.1, 0.15) is 30.5 Å². The second-order valence-corrected chi connectivity index (χ2v) is 14.4. The smallest absolute Gasteiger partial charge is 0.351 e. The van der Waals surface area contributed by atoms with Crippen molar-refractivity contribution in [2.75, 3.05) is 0 Å². The highest BCUT2D eigenvalue weighted by Gasteiger charge is 2.67. The lowest BCUT2D eigenvalue weighted by molar-refractivity contribution is -0.208. The predicted octanol–water partition coefficient (Wildman–Crippen LogP) is 2.68. The summed E-state index contributed by atoms with van der Waals surface area (Å²) in [4.78, 5) is 20.9. The van der Waals surface area contributed by atoms with E-state index in [4.69, 9.17) is 13.9 Å². The van der Waals surface area contributed by atoms with Crippen LogP contribution >= 0.6 is 0 Å². The lowest BCUT2D eigenvalue weighted by Crippen LogP contribution is -2.52. The first kappa shape index (κ1) is 21.4. The van der Waals surface area contributed by atoms with E-state index in [9.17, 15) is 4.79 Å². The van der Waals surface area contributed by atoms with Crippen molar-refractivity contribution >= 4 is 8.32 Å². The van der Waals surface area contributed by atoms with Crippen molar-refractivity contribution in [2.45, 2.75) is 89.3 Å². The molecule has 2 fully saturated rings. The normalized spacial score (nSPS) is 31.4. The zero-order chi connectivity index (χ0) is 21.9. The Hall–Kier alpha value is -1.88. The molecule has 2 aliphatic heterocycles. The predicted molar refractivity (Wildman–Crippen MR) is 113 cm³/mol. The molecule has 0 radical (unpaired) electrons. The Morgan fingerprint density at radius 2 is 2.07 bits per heavy atom. The van der Waals surface area contributed by atoms with Gasteiger partial charge in [0.25, 0.3) is 0 Å². The number of nitrogens with zero attached hydrogens (tertiary/aromatic N) is 5. The fourth-order valence-corrected chi connectivity index (χ4v) is 5.42. The van der Waals surface area contributed by atoms with Crippen LogP contribution in [-0.4, -0.2) is 56.5 Å². The molecule has 0 unspecified atom stereocenters. The van der Waals surface area contributed by atoms with Crippen molar-refractivity contribution in [1.82, 2.24) is 24.3 Å². The Morgan fingerprint density at radius 1 is 1.33 bits per heavy atom. The molecule has 0 spiro atoms. The first-order valence-corrected chi connectivity index (χ1v) is 13.4. The largest absolute Gasteiger partial charge is 0.408 e. The van der Waals surface area contributed by atoms with Crippen molar-refractivity contribution in [2.24, 2.45) is 0 Å². The van der Waals surface area contributed by atoms with Crippen LogP contribution in [0.5, 0.6) is 0 Å². The van der Waals surface area contributed by atoms with Gasteiger partial charge in [-0.1, -0.05) is 27.7 Å². The van der Waals surface area contributed by atoms with E-state index in [0.717, 1.165) is 6.42 Å². The molecular weight excluding hydrogens is 402 g/mol. The monoisotopic (exact) mass is 433 g/mol. The van der Waals surface area contributed by atoms with Crippen LogP contribution in [0, 0.1) is 0 Å². The third-order valence-electron chi connectivity index (χ3n) is 6.97. The van der Waals surface area contributed by atoms with Gasteiger partial charge in [0.15, 0.2) is 20.4 Å². The van der Waals surface area contributed by atoms with E-state index in [0.29, 0.717) is 5.82 Å². The molecule has 30 heavy (non-hydrogen) atoms. The van der Waals surface area contributed by atoms with Crippen LogP contribution in [0.4, 0.5) is 0 Å². The molecule has 0 N–H and O–H groups in total. The average molecular weight is 434 g/mol. The number of ether oxygens (including phenoxy) is 2. The summed E-state index contributed by atoms with van der Waals surface area (Å²) in [5.74, 6) is 0.408. The Labute approximate surface area is 177 Å². The summed E-state index contributed by atoms with van der Waals surface area (Å²) in [7, 11) is -2.08. The van der Waals surface area contributed by atoms with Gasteiger partial charge >= 0.3 is 5.69 Å². The van der Waals surface area contributed by atoms with Crippen LogP contribution in [0.25, 0.3) is 5.82 Å². The number of aromatic nitrogens is 5. The Kier molecular flexibility index (Phi) is 5.04. The molecule has 2 aliphatic rings. The third kappa shape index (κ3) is 3.17. The molecule has 0 aromatic carbocycles. The molecule has 2 saturated heterocycles. The molecule has 0 saturated carbocycles. The molecule has 0 aliphatic carbocycles. The zero-order valence-electron chi connectivity index (χ0n) is 18.7. The topological polar surface area (TPSA) is 93.3 Å². The maximum atomic E-state index is 12.8. The average Bonchev–Trinajstić information content (AvgIpc) is 3.35. The summed E-state index contributed by atoms with van der Waals surface area (Å²) in [6, 6.07) is 1.72. The van der Waals surface area contributed by atoms with Crippen LogP contribution in [0.1, 0.15) is 47.3 Å².